The Morgan fingerprint density at radius 1 is 1.11 bits per heavy atom. The van der Waals surface area contributed by atoms with Crippen LogP contribution in [0.3, 0.4) is 0 Å². The van der Waals surface area contributed by atoms with Gasteiger partial charge in [0.1, 0.15) is 6.54 Å². The van der Waals surface area contributed by atoms with Crippen LogP contribution in [-0.4, -0.2) is 59.3 Å². The molecule has 2 aromatic rings. The van der Waals surface area contributed by atoms with Gasteiger partial charge in [0, 0.05) is 51.2 Å². The van der Waals surface area contributed by atoms with Crippen LogP contribution in [-0.2, 0) is 23.1 Å². The first-order valence-corrected chi connectivity index (χ1v) is 8.98. The Hall–Kier alpha value is -2.71. The molecule has 1 fully saturated rings. The SMILES string of the molecule is Cn1c(=O)ccn(CC(=O)N(CCN2CCOCC2)c2ccccc2)c1=O. The number of hydrogen-bond donors (Lipinski definition) is 0. The van der Waals surface area contributed by atoms with Crippen LogP contribution >= 0.6 is 0 Å². The van der Waals surface area contributed by atoms with Crippen molar-refractivity contribution >= 4 is 11.6 Å². The third kappa shape index (κ3) is 4.72. The smallest absolute Gasteiger partial charge is 0.331 e. The molecule has 27 heavy (non-hydrogen) atoms. The number of benzene rings is 1. The predicted molar refractivity (Wildman–Crippen MR) is 102 cm³/mol. The van der Waals surface area contributed by atoms with Gasteiger partial charge in [-0.25, -0.2) is 4.79 Å². The Morgan fingerprint density at radius 3 is 2.52 bits per heavy atom. The lowest BCUT2D eigenvalue weighted by atomic mass is 10.2. The van der Waals surface area contributed by atoms with E-state index in [1.807, 2.05) is 30.3 Å². The maximum absolute atomic E-state index is 13.0. The summed E-state index contributed by atoms with van der Waals surface area (Å²) in [4.78, 5) is 40.7. The maximum Gasteiger partial charge on any atom is 0.331 e. The number of amides is 1. The van der Waals surface area contributed by atoms with Crippen LogP contribution in [0.5, 0.6) is 0 Å². The van der Waals surface area contributed by atoms with E-state index in [0.29, 0.717) is 19.8 Å². The molecule has 144 valence electrons. The molecule has 0 unspecified atom stereocenters. The summed E-state index contributed by atoms with van der Waals surface area (Å²) in [5.41, 5.74) is -0.110. The summed E-state index contributed by atoms with van der Waals surface area (Å²) in [6.07, 6.45) is 1.37. The summed E-state index contributed by atoms with van der Waals surface area (Å²) >= 11 is 0. The van der Waals surface area contributed by atoms with Crippen LogP contribution in [0.25, 0.3) is 0 Å². The number of hydrogen-bond acceptors (Lipinski definition) is 5. The van der Waals surface area contributed by atoms with Crippen LogP contribution in [0.2, 0.25) is 0 Å². The molecule has 8 nitrogen and oxygen atoms in total. The number of rotatable bonds is 6. The number of carbonyl (C=O) groups is 1. The van der Waals surface area contributed by atoms with Gasteiger partial charge in [0.25, 0.3) is 5.56 Å². The van der Waals surface area contributed by atoms with Crippen LogP contribution in [0.4, 0.5) is 5.69 Å². The van der Waals surface area contributed by atoms with Gasteiger partial charge in [0.15, 0.2) is 0 Å². The van der Waals surface area contributed by atoms with E-state index in [1.165, 1.54) is 23.9 Å². The van der Waals surface area contributed by atoms with Gasteiger partial charge in [-0.3, -0.25) is 23.6 Å². The van der Waals surface area contributed by atoms with Crippen molar-refractivity contribution in [1.29, 1.82) is 0 Å². The van der Waals surface area contributed by atoms with E-state index in [2.05, 4.69) is 4.90 Å². The number of morpholine rings is 1. The first kappa shape index (κ1) is 19.1. The summed E-state index contributed by atoms with van der Waals surface area (Å²) < 4.78 is 7.62. The van der Waals surface area contributed by atoms with E-state index in [4.69, 9.17) is 4.74 Å². The van der Waals surface area contributed by atoms with Crippen molar-refractivity contribution < 1.29 is 9.53 Å². The largest absolute Gasteiger partial charge is 0.379 e. The molecule has 0 aliphatic carbocycles. The van der Waals surface area contributed by atoms with Crippen molar-refractivity contribution in [3.8, 4) is 0 Å². The topological polar surface area (TPSA) is 76.8 Å². The molecule has 0 bridgehead atoms. The number of aromatic nitrogens is 2. The first-order valence-electron chi connectivity index (χ1n) is 8.98. The number of para-hydroxylation sites is 1. The molecule has 1 aliphatic heterocycles. The molecule has 2 heterocycles. The van der Waals surface area contributed by atoms with Gasteiger partial charge in [-0.2, -0.15) is 0 Å². The molecule has 1 saturated heterocycles. The van der Waals surface area contributed by atoms with Gasteiger partial charge in [-0.1, -0.05) is 18.2 Å². The fourth-order valence-electron chi connectivity index (χ4n) is 3.04. The Bertz CT molecular complexity index is 885. The molecule has 0 radical (unpaired) electrons. The van der Waals surface area contributed by atoms with Crippen LogP contribution < -0.4 is 16.1 Å². The second kappa shape index (κ2) is 8.79. The number of nitrogens with zero attached hydrogens (tertiary/aromatic N) is 4. The molecule has 0 saturated carbocycles. The highest BCUT2D eigenvalue weighted by molar-refractivity contribution is 5.93. The molecule has 1 aromatic carbocycles. The third-order valence-corrected chi connectivity index (χ3v) is 4.68. The fourth-order valence-corrected chi connectivity index (χ4v) is 3.04. The van der Waals surface area contributed by atoms with Crippen molar-refractivity contribution in [3.63, 3.8) is 0 Å². The molecule has 0 N–H and O–H groups in total. The lowest BCUT2D eigenvalue weighted by Crippen LogP contribution is -2.45. The summed E-state index contributed by atoms with van der Waals surface area (Å²) in [6, 6.07) is 10.7. The lowest BCUT2D eigenvalue weighted by Gasteiger charge is -2.30. The Kier molecular flexibility index (Phi) is 6.20. The van der Waals surface area contributed by atoms with Gasteiger partial charge in [0.05, 0.1) is 13.2 Å². The quantitative estimate of drug-likeness (QED) is 0.709. The van der Waals surface area contributed by atoms with Crippen molar-refractivity contribution in [1.82, 2.24) is 14.0 Å². The standard InChI is InChI=1S/C19H24N4O4/c1-20-17(24)7-8-22(19(20)26)15-18(25)23(16-5-3-2-4-6-16)10-9-21-11-13-27-14-12-21/h2-8H,9-15H2,1H3. The fraction of sp³-hybridized carbons (Fsp3) is 0.421. The maximum atomic E-state index is 13.0. The highest BCUT2D eigenvalue weighted by Crippen LogP contribution is 2.14. The number of ether oxygens (including phenoxy) is 1. The molecule has 0 atom stereocenters. The van der Waals surface area contributed by atoms with E-state index >= 15 is 0 Å². The van der Waals surface area contributed by atoms with Crippen LogP contribution in [0.15, 0.2) is 52.2 Å². The second-order valence-electron chi connectivity index (χ2n) is 6.46. The van der Waals surface area contributed by atoms with Crippen molar-refractivity contribution in [2.45, 2.75) is 6.54 Å². The molecular formula is C19H24N4O4. The molecular weight excluding hydrogens is 348 g/mol. The minimum Gasteiger partial charge on any atom is -0.379 e. The number of carbonyl (C=O) groups excluding carboxylic acids is 1. The summed E-state index contributed by atoms with van der Waals surface area (Å²) in [5, 5.41) is 0. The average molecular weight is 372 g/mol. The number of anilines is 1. The van der Waals surface area contributed by atoms with Gasteiger partial charge in [0.2, 0.25) is 5.91 Å². The highest BCUT2D eigenvalue weighted by Gasteiger charge is 2.19. The van der Waals surface area contributed by atoms with Gasteiger partial charge >= 0.3 is 5.69 Å². The van der Waals surface area contributed by atoms with Crippen molar-refractivity contribution in [2.24, 2.45) is 7.05 Å². The van der Waals surface area contributed by atoms with E-state index < -0.39 is 11.2 Å². The van der Waals surface area contributed by atoms with Crippen molar-refractivity contribution in [2.75, 3.05) is 44.3 Å². The monoisotopic (exact) mass is 372 g/mol. The highest BCUT2D eigenvalue weighted by atomic mass is 16.5. The Balaban J connectivity index is 1.77. The minimum absolute atomic E-state index is 0.120. The zero-order valence-corrected chi connectivity index (χ0v) is 15.4. The first-order chi connectivity index (χ1) is 13.1. The van der Waals surface area contributed by atoms with E-state index in [-0.39, 0.29) is 12.5 Å². The zero-order chi connectivity index (χ0) is 19.2. The van der Waals surface area contributed by atoms with Crippen LogP contribution in [0, 0.1) is 0 Å². The third-order valence-electron chi connectivity index (χ3n) is 4.68. The summed E-state index contributed by atoms with van der Waals surface area (Å²) in [5.74, 6) is -0.199. The molecule has 0 spiro atoms. The Labute approximate surface area is 157 Å². The molecule has 1 aliphatic rings. The lowest BCUT2D eigenvalue weighted by molar-refractivity contribution is -0.119. The molecule has 3 rings (SSSR count). The average Bonchev–Trinajstić information content (AvgIpc) is 2.70. The summed E-state index contributed by atoms with van der Waals surface area (Å²) in [7, 11) is 1.40. The van der Waals surface area contributed by atoms with E-state index in [1.54, 1.807) is 4.90 Å². The molecule has 1 amide bonds. The van der Waals surface area contributed by atoms with Gasteiger partial charge < -0.3 is 9.64 Å². The second-order valence-corrected chi connectivity index (χ2v) is 6.46. The summed E-state index contributed by atoms with van der Waals surface area (Å²) in [6.45, 7) is 4.22. The van der Waals surface area contributed by atoms with Crippen molar-refractivity contribution in [3.05, 3.63) is 63.4 Å². The van der Waals surface area contributed by atoms with Gasteiger partial charge in [-0.05, 0) is 12.1 Å². The normalized spacial score (nSPS) is 14.9. The molecule has 1 aromatic heterocycles. The van der Waals surface area contributed by atoms with Gasteiger partial charge in [-0.15, -0.1) is 0 Å². The predicted octanol–water partition coefficient (Wildman–Crippen LogP) is -0.0876. The van der Waals surface area contributed by atoms with Crippen LogP contribution in [0.1, 0.15) is 0 Å². The van der Waals surface area contributed by atoms with E-state index in [9.17, 15) is 14.4 Å². The zero-order valence-electron chi connectivity index (χ0n) is 15.4. The minimum atomic E-state index is -0.503. The van der Waals surface area contributed by atoms with E-state index in [0.717, 1.165) is 29.9 Å². The molecule has 8 heteroatoms. The Morgan fingerprint density at radius 2 is 1.81 bits per heavy atom.